The van der Waals surface area contributed by atoms with E-state index < -0.39 is 0 Å². The largest absolute Gasteiger partial charge is 0.396 e. The van der Waals surface area contributed by atoms with Gasteiger partial charge in [-0.05, 0) is 43.4 Å². The molecule has 1 spiro atoms. The van der Waals surface area contributed by atoms with E-state index in [1.54, 1.807) is 0 Å². The van der Waals surface area contributed by atoms with Crippen LogP contribution in [-0.4, -0.2) is 11.7 Å². The Morgan fingerprint density at radius 3 is 2.64 bits per heavy atom. The van der Waals surface area contributed by atoms with E-state index in [-0.39, 0.29) is 0 Å². The molecule has 64 valence electrons. The Morgan fingerprint density at radius 1 is 1.18 bits per heavy atom. The van der Waals surface area contributed by atoms with Crippen LogP contribution < -0.4 is 0 Å². The molecule has 2 fully saturated rings. The van der Waals surface area contributed by atoms with E-state index >= 15 is 0 Å². The topological polar surface area (TPSA) is 20.2 Å². The summed E-state index contributed by atoms with van der Waals surface area (Å²) in [5, 5.41) is 9.08. The summed E-state index contributed by atoms with van der Waals surface area (Å²) in [6.07, 6.45) is 9.71. The summed E-state index contributed by atoms with van der Waals surface area (Å²) in [6.45, 7) is 0.432. The van der Waals surface area contributed by atoms with E-state index in [1.165, 1.54) is 44.9 Å². The van der Waals surface area contributed by atoms with Crippen LogP contribution in [0, 0.1) is 11.3 Å². The van der Waals surface area contributed by atoms with E-state index in [0.717, 1.165) is 5.41 Å². The van der Waals surface area contributed by atoms with Crippen molar-refractivity contribution in [3.8, 4) is 0 Å². The van der Waals surface area contributed by atoms with Gasteiger partial charge < -0.3 is 5.11 Å². The predicted molar refractivity (Wildman–Crippen MR) is 45.3 cm³/mol. The van der Waals surface area contributed by atoms with Crippen LogP contribution in [-0.2, 0) is 0 Å². The average molecular weight is 154 g/mol. The predicted octanol–water partition coefficient (Wildman–Crippen LogP) is 2.34. The van der Waals surface area contributed by atoms with Crippen LogP contribution in [0.3, 0.4) is 0 Å². The molecule has 1 nitrogen and oxygen atoms in total. The molecular weight excluding hydrogens is 136 g/mol. The van der Waals surface area contributed by atoms with Crippen LogP contribution >= 0.6 is 0 Å². The van der Waals surface area contributed by atoms with Crippen molar-refractivity contribution < 1.29 is 5.11 Å². The van der Waals surface area contributed by atoms with E-state index in [0.29, 0.717) is 12.5 Å². The van der Waals surface area contributed by atoms with E-state index in [1.807, 2.05) is 0 Å². The van der Waals surface area contributed by atoms with Gasteiger partial charge in [-0.15, -0.1) is 0 Å². The second kappa shape index (κ2) is 2.78. The zero-order valence-corrected chi connectivity index (χ0v) is 7.18. The molecular formula is C10H18O. The highest BCUT2D eigenvalue weighted by Crippen LogP contribution is 2.56. The Kier molecular flexibility index (Phi) is 1.92. The Balaban J connectivity index is 1.94. The first kappa shape index (κ1) is 7.60. The summed E-state index contributed by atoms with van der Waals surface area (Å²) in [4.78, 5) is 0. The standard InChI is InChI=1S/C10H18O/c11-8-9-3-1-2-4-10(7-9)5-6-10/h9,11H,1-8H2. The Hall–Kier alpha value is -0.0400. The third-order valence-corrected chi connectivity index (χ3v) is 3.51. The van der Waals surface area contributed by atoms with E-state index in [9.17, 15) is 0 Å². The molecule has 1 atom stereocenters. The van der Waals surface area contributed by atoms with Crippen LogP contribution in [0.15, 0.2) is 0 Å². The van der Waals surface area contributed by atoms with Gasteiger partial charge in [-0.25, -0.2) is 0 Å². The van der Waals surface area contributed by atoms with Gasteiger partial charge in [0.15, 0.2) is 0 Å². The Bertz CT molecular complexity index is 138. The Morgan fingerprint density at radius 2 is 2.00 bits per heavy atom. The molecule has 0 bridgehead atoms. The molecule has 0 aromatic carbocycles. The van der Waals surface area contributed by atoms with Crippen LogP contribution in [0.1, 0.15) is 44.9 Å². The summed E-state index contributed by atoms with van der Waals surface area (Å²) in [5.74, 6) is 0.639. The van der Waals surface area contributed by atoms with E-state index in [4.69, 9.17) is 5.11 Å². The lowest BCUT2D eigenvalue weighted by Gasteiger charge is -2.16. The van der Waals surface area contributed by atoms with Gasteiger partial charge in [-0.1, -0.05) is 12.8 Å². The zero-order chi connectivity index (χ0) is 7.73. The lowest BCUT2D eigenvalue weighted by molar-refractivity contribution is 0.194. The van der Waals surface area contributed by atoms with Gasteiger partial charge in [-0.2, -0.15) is 0 Å². The minimum Gasteiger partial charge on any atom is -0.396 e. The highest BCUT2D eigenvalue weighted by molar-refractivity contribution is 4.95. The monoisotopic (exact) mass is 154 g/mol. The number of hydrogen-bond donors (Lipinski definition) is 1. The van der Waals surface area contributed by atoms with Gasteiger partial charge in [0.1, 0.15) is 0 Å². The SMILES string of the molecule is OCC1CCCCC2(CC2)C1. The maximum atomic E-state index is 9.08. The molecule has 1 N–H and O–H groups in total. The molecule has 2 saturated carbocycles. The van der Waals surface area contributed by atoms with Gasteiger partial charge in [0.2, 0.25) is 0 Å². The van der Waals surface area contributed by atoms with Gasteiger partial charge in [0, 0.05) is 6.61 Å². The van der Waals surface area contributed by atoms with Crippen molar-refractivity contribution in [1.82, 2.24) is 0 Å². The lowest BCUT2D eigenvalue weighted by atomic mass is 9.91. The third-order valence-electron chi connectivity index (χ3n) is 3.51. The molecule has 0 aromatic heterocycles. The second-order valence-corrected chi connectivity index (χ2v) is 4.50. The second-order valence-electron chi connectivity index (χ2n) is 4.50. The summed E-state index contributed by atoms with van der Waals surface area (Å²) < 4.78 is 0. The molecule has 2 aliphatic rings. The fourth-order valence-corrected chi connectivity index (χ4v) is 2.54. The minimum atomic E-state index is 0.432. The third kappa shape index (κ3) is 1.58. The molecule has 0 radical (unpaired) electrons. The van der Waals surface area contributed by atoms with Gasteiger partial charge >= 0.3 is 0 Å². The highest BCUT2D eigenvalue weighted by atomic mass is 16.3. The molecule has 0 aromatic rings. The fraction of sp³-hybridized carbons (Fsp3) is 1.00. The molecule has 0 aliphatic heterocycles. The minimum absolute atomic E-state index is 0.432. The average Bonchev–Trinajstić information content (AvgIpc) is 2.80. The van der Waals surface area contributed by atoms with Crippen molar-refractivity contribution in [2.24, 2.45) is 11.3 Å². The summed E-state index contributed by atoms with van der Waals surface area (Å²) in [5.41, 5.74) is 0.726. The Labute approximate surface area is 68.8 Å². The van der Waals surface area contributed by atoms with Crippen molar-refractivity contribution in [3.05, 3.63) is 0 Å². The van der Waals surface area contributed by atoms with Crippen molar-refractivity contribution in [3.63, 3.8) is 0 Å². The number of aliphatic hydroxyl groups excluding tert-OH is 1. The van der Waals surface area contributed by atoms with Crippen LogP contribution in [0.4, 0.5) is 0 Å². The maximum Gasteiger partial charge on any atom is 0.0459 e. The van der Waals surface area contributed by atoms with Crippen molar-refractivity contribution in [2.75, 3.05) is 6.61 Å². The fourth-order valence-electron chi connectivity index (χ4n) is 2.54. The van der Waals surface area contributed by atoms with Crippen LogP contribution in [0.2, 0.25) is 0 Å². The summed E-state index contributed by atoms with van der Waals surface area (Å²) >= 11 is 0. The quantitative estimate of drug-likeness (QED) is 0.614. The van der Waals surface area contributed by atoms with Crippen LogP contribution in [0.25, 0.3) is 0 Å². The zero-order valence-electron chi connectivity index (χ0n) is 7.18. The maximum absolute atomic E-state index is 9.08. The lowest BCUT2D eigenvalue weighted by Crippen LogP contribution is -2.10. The molecule has 1 heteroatoms. The first-order valence-corrected chi connectivity index (χ1v) is 4.96. The number of hydrogen-bond acceptors (Lipinski definition) is 1. The first-order valence-electron chi connectivity index (χ1n) is 4.96. The molecule has 0 saturated heterocycles. The first-order chi connectivity index (χ1) is 5.35. The van der Waals surface area contributed by atoms with Crippen molar-refractivity contribution in [1.29, 1.82) is 0 Å². The van der Waals surface area contributed by atoms with E-state index in [2.05, 4.69) is 0 Å². The molecule has 0 heterocycles. The number of rotatable bonds is 1. The van der Waals surface area contributed by atoms with Gasteiger partial charge in [-0.3, -0.25) is 0 Å². The molecule has 2 rings (SSSR count). The van der Waals surface area contributed by atoms with Crippen molar-refractivity contribution >= 4 is 0 Å². The molecule has 1 unspecified atom stereocenters. The molecule has 11 heavy (non-hydrogen) atoms. The summed E-state index contributed by atoms with van der Waals surface area (Å²) in [6, 6.07) is 0. The van der Waals surface area contributed by atoms with Gasteiger partial charge in [0.25, 0.3) is 0 Å². The highest BCUT2D eigenvalue weighted by Gasteiger charge is 2.44. The van der Waals surface area contributed by atoms with Gasteiger partial charge in [0.05, 0.1) is 0 Å². The normalized spacial score (nSPS) is 35.2. The smallest absolute Gasteiger partial charge is 0.0459 e. The van der Waals surface area contributed by atoms with Crippen molar-refractivity contribution in [2.45, 2.75) is 44.9 Å². The molecule has 2 aliphatic carbocycles. The van der Waals surface area contributed by atoms with Crippen LogP contribution in [0.5, 0.6) is 0 Å². The molecule has 0 amide bonds. The summed E-state index contributed by atoms with van der Waals surface area (Å²) in [7, 11) is 0. The number of aliphatic hydroxyl groups is 1.